The summed E-state index contributed by atoms with van der Waals surface area (Å²) in [4.78, 5) is 0. The van der Waals surface area contributed by atoms with Gasteiger partial charge in [0.05, 0.1) is 5.69 Å². The van der Waals surface area contributed by atoms with Crippen molar-refractivity contribution in [3.05, 3.63) is 16.4 Å². The van der Waals surface area contributed by atoms with Crippen molar-refractivity contribution in [3.63, 3.8) is 0 Å². The summed E-state index contributed by atoms with van der Waals surface area (Å²) >= 11 is 6.34. The second kappa shape index (κ2) is 7.91. The minimum atomic E-state index is 0.631. The Morgan fingerprint density at radius 2 is 2.05 bits per heavy atom. The summed E-state index contributed by atoms with van der Waals surface area (Å²) < 4.78 is 1.78. The fourth-order valence-corrected chi connectivity index (χ4v) is 2.83. The molecular weight excluding hydrogens is 258 g/mol. The molecule has 0 aliphatic heterocycles. The molecule has 0 fully saturated rings. The van der Waals surface area contributed by atoms with Crippen LogP contribution in [0.3, 0.4) is 0 Å². The fraction of sp³-hybridized carbons (Fsp3) is 0.800. The predicted octanol–water partition coefficient (Wildman–Crippen LogP) is 3.59. The van der Waals surface area contributed by atoms with Crippen LogP contribution in [0.2, 0.25) is 5.15 Å². The zero-order valence-corrected chi connectivity index (χ0v) is 13.7. The van der Waals surface area contributed by atoms with Gasteiger partial charge in [0.15, 0.2) is 0 Å². The Balaban J connectivity index is 2.69. The first-order chi connectivity index (χ1) is 8.95. The molecule has 0 amide bonds. The lowest BCUT2D eigenvalue weighted by atomic mass is 9.91. The zero-order valence-electron chi connectivity index (χ0n) is 13.0. The lowest BCUT2D eigenvalue weighted by Gasteiger charge is -2.19. The third kappa shape index (κ3) is 5.15. The molecule has 1 unspecified atom stereocenters. The van der Waals surface area contributed by atoms with Gasteiger partial charge in [0.25, 0.3) is 0 Å². The van der Waals surface area contributed by atoms with Crippen molar-refractivity contribution in [3.8, 4) is 0 Å². The van der Waals surface area contributed by atoms with E-state index >= 15 is 0 Å². The summed E-state index contributed by atoms with van der Waals surface area (Å²) in [5.41, 5.74) is 2.28. The third-order valence-electron chi connectivity index (χ3n) is 3.43. The van der Waals surface area contributed by atoms with Gasteiger partial charge in [0.2, 0.25) is 0 Å². The smallest absolute Gasteiger partial charge is 0.130 e. The highest BCUT2D eigenvalue weighted by molar-refractivity contribution is 6.30. The van der Waals surface area contributed by atoms with E-state index in [0.29, 0.717) is 11.8 Å². The molecule has 110 valence electrons. The summed E-state index contributed by atoms with van der Waals surface area (Å²) in [7, 11) is 1.91. The number of halogens is 1. The second-order valence-electron chi connectivity index (χ2n) is 5.88. The number of hydrogen-bond acceptors (Lipinski definition) is 2. The topological polar surface area (TPSA) is 29.9 Å². The first-order valence-corrected chi connectivity index (χ1v) is 7.72. The van der Waals surface area contributed by atoms with Crippen LogP contribution in [0.4, 0.5) is 0 Å². The van der Waals surface area contributed by atoms with Crippen LogP contribution in [-0.2, 0) is 13.5 Å². The Morgan fingerprint density at radius 1 is 1.37 bits per heavy atom. The Morgan fingerprint density at radius 3 is 2.53 bits per heavy atom. The molecule has 0 aliphatic rings. The summed E-state index contributed by atoms with van der Waals surface area (Å²) in [6.45, 7) is 11.0. The van der Waals surface area contributed by atoms with Gasteiger partial charge in [-0.05, 0) is 51.1 Å². The highest BCUT2D eigenvalue weighted by atomic mass is 35.5. The van der Waals surface area contributed by atoms with Crippen molar-refractivity contribution in [1.29, 1.82) is 0 Å². The molecule has 0 aromatic carbocycles. The Kier molecular flexibility index (Phi) is 6.87. The molecule has 0 saturated heterocycles. The normalized spacial score (nSPS) is 13.2. The van der Waals surface area contributed by atoms with E-state index in [1.54, 1.807) is 4.68 Å². The van der Waals surface area contributed by atoms with E-state index < -0.39 is 0 Å². The summed E-state index contributed by atoms with van der Waals surface area (Å²) in [5.74, 6) is 1.34. The van der Waals surface area contributed by atoms with Crippen LogP contribution >= 0.6 is 11.6 Å². The fourth-order valence-electron chi connectivity index (χ4n) is 2.58. The van der Waals surface area contributed by atoms with Crippen LogP contribution in [0, 0.1) is 18.8 Å². The molecule has 0 bridgehead atoms. The van der Waals surface area contributed by atoms with Crippen molar-refractivity contribution in [2.45, 2.75) is 47.0 Å². The van der Waals surface area contributed by atoms with E-state index in [-0.39, 0.29) is 0 Å². The van der Waals surface area contributed by atoms with Gasteiger partial charge >= 0.3 is 0 Å². The molecule has 0 radical (unpaired) electrons. The molecule has 1 aromatic rings. The Hall–Kier alpha value is -0.540. The third-order valence-corrected chi connectivity index (χ3v) is 3.90. The van der Waals surface area contributed by atoms with E-state index in [4.69, 9.17) is 11.6 Å². The molecule has 1 N–H and O–H groups in total. The van der Waals surface area contributed by atoms with Gasteiger partial charge < -0.3 is 5.32 Å². The van der Waals surface area contributed by atoms with Crippen molar-refractivity contribution in [2.24, 2.45) is 18.9 Å². The van der Waals surface area contributed by atoms with Crippen LogP contribution in [0.25, 0.3) is 0 Å². The highest BCUT2D eigenvalue weighted by Crippen LogP contribution is 2.24. The molecule has 0 saturated carbocycles. The minimum Gasteiger partial charge on any atom is -0.316 e. The molecule has 4 heteroatoms. The van der Waals surface area contributed by atoms with E-state index in [1.165, 1.54) is 18.4 Å². The van der Waals surface area contributed by atoms with E-state index in [0.717, 1.165) is 30.4 Å². The van der Waals surface area contributed by atoms with Crippen molar-refractivity contribution in [1.82, 2.24) is 15.1 Å². The van der Waals surface area contributed by atoms with Crippen molar-refractivity contribution < 1.29 is 0 Å². The summed E-state index contributed by atoms with van der Waals surface area (Å²) in [5, 5.41) is 8.73. The number of aryl methyl sites for hydroxylation is 2. The van der Waals surface area contributed by atoms with Gasteiger partial charge in [0.1, 0.15) is 5.15 Å². The number of nitrogens with zero attached hydrogens (tertiary/aromatic N) is 2. The van der Waals surface area contributed by atoms with E-state index in [2.05, 4.69) is 31.2 Å². The molecule has 1 aromatic heterocycles. The largest absolute Gasteiger partial charge is 0.316 e. The average Bonchev–Trinajstić information content (AvgIpc) is 2.55. The quantitative estimate of drug-likeness (QED) is 0.740. The first kappa shape index (κ1) is 16.5. The van der Waals surface area contributed by atoms with Crippen LogP contribution in [0.15, 0.2) is 0 Å². The molecular formula is C15H28ClN3. The minimum absolute atomic E-state index is 0.631. The summed E-state index contributed by atoms with van der Waals surface area (Å²) in [6, 6.07) is 0. The highest BCUT2D eigenvalue weighted by Gasteiger charge is 2.18. The standard InChI is InChI=1S/C15H28ClN3/c1-6-7-17-10-13(8-11(2)3)9-14-12(4)18-19(5)15(14)16/h11,13,17H,6-10H2,1-5H3. The van der Waals surface area contributed by atoms with Gasteiger partial charge in [0, 0.05) is 12.6 Å². The second-order valence-corrected chi connectivity index (χ2v) is 6.24. The van der Waals surface area contributed by atoms with Crippen molar-refractivity contribution in [2.75, 3.05) is 13.1 Å². The molecule has 1 atom stereocenters. The number of rotatable bonds is 8. The molecule has 0 spiro atoms. The lowest BCUT2D eigenvalue weighted by Crippen LogP contribution is -2.26. The Bertz CT molecular complexity index is 385. The van der Waals surface area contributed by atoms with Crippen LogP contribution in [-0.4, -0.2) is 22.9 Å². The van der Waals surface area contributed by atoms with Crippen LogP contribution < -0.4 is 5.32 Å². The zero-order chi connectivity index (χ0) is 14.4. The maximum absolute atomic E-state index is 6.34. The SMILES string of the molecule is CCCNCC(Cc1c(C)nn(C)c1Cl)CC(C)C. The average molecular weight is 286 g/mol. The molecule has 3 nitrogen and oxygen atoms in total. The lowest BCUT2D eigenvalue weighted by molar-refractivity contribution is 0.385. The number of hydrogen-bond donors (Lipinski definition) is 1. The molecule has 0 aliphatic carbocycles. The van der Waals surface area contributed by atoms with Crippen LogP contribution in [0.5, 0.6) is 0 Å². The summed E-state index contributed by atoms with van der Waals surface area (Å²) in [6.07, 6.45) is 3.43. The maximum atomic E-state index is 6.34. The monoisotopic (exact) mass is 285 g/mol. The molecule has 19 heavy (non-hydrogen) atoms. The van der Waals surface area contributed by atoms with Gasteiger partial charge in [-0.25, -0.2) is 0 Å². The van der Waals surface area contributed by atoms with Gasteiger partial charge in [-0.1, -0.05) is 32.4 Å². The molecule has 1 rings (SSSR count). The van der Waals surface area contributed by atoms with E-state index in [9.17, 15) is 0 Å². The number of aromatic nitrogens is 2. The van der Waals surface area contributed by atoms with Crippen molar-refractivity contribution >= 4 is 11.6 Å². The predicted molar refractivity (Wildman–Crippen MR) is 82.8 cm³/mol. The molecule has 1 heterocycles. The first-order valence-electron chi connectivity index (χ1n) is 7.34. The Labute approximate surface area is 122 Å². The van der Waals surface area contributed by atoms with Gasteiger partial charge in [-0.2, -0.15) is 5.10 Å². The van der Waals surface area contributed by atoms with E-state index in [1.807, 2.05) is 14.0 Å². The van der Waals surface area contributed by atoms with Gasteiger partial charge in [-0.15, -0.1) is 0 Å². The number of nitrogens with one attached hydrogen (secondary N) is 1. The van der Waals surface area contributed by atoms with Crippen LogP contribution in [0.1, 0.15) is 44.9 Å². The maximum Gasteiger partial charge on any atom is 0.130 e. The van der Waals surface area contributed by atoms with Gasteiger partial charge in [-0.3, -0.25) is 4.68 Å².